The van der Waals surface area contributed by atoms with Crippen molar-refractivity contribution in [3.63, 3.8) is 0 Å². The molecule has 1 amide bonds. The molecule has 0 aromatic carbocycles. The van der Waals surface area contributed by atoms with E-state index in [-0.39, 0.29) is 17.2 Å². The first-order valence-electron chi connectivity index (χ1n) is 5.88. The van der Waals surface area contributed by atoms with Crippen molar-refractivity contribution in [1.82, 2.24) is 5.32 Å². The van der Waals surface area contributed by atoms with Crippen molar-refractivity contribution >= 4 is 17.2 Å². The molecule has 2 N–H and O–H groups in total. The van der Waals surface area contributed by atoms with E-state index in [1.165, 1.54) is 11.4 Å². The molecule has 7 heteroatoms. The number of nitrogens with one attached hydrogen (secondary N) is 1. The molecule has 0 aliphatic heterocycles. The number of aliphatic hydroxyl groups excluding tert-OH is 1. The fourth-order valence-electron chi connectivity index (χ4n) is 1.57. The topological polar surface area (TPSA) is 58.6 Å². The van der Waals surface area contributed by atoms with E-state index in [1.807, 2.05) is 13.8 Å². The highest BCUT2D eigenvalue weighted by atomic mass is 32.1. The molecule has 1 unspecified atom stereocenters. The van der Waals surface area contributed by atoms with Crippen LogP contribution in [0.3, 0.4) is 0 Å². The quantitative estimate of drug-likeness (QED) is 0.812. The van der Waals surface area contributed by atoms with Gasteiger partial charge < -0.3 is 15.2 Å². The van der Waals surface area contributed by atoms with Gasteiger partial charge in [0.05, 0.1) is 6.10 Å². The van der Waals surface area contributed by atoms with Crippen LogP contribution in [0.1, 0.15) is 29.9 Å². The molecule has 1 heterocycles. The van der Waals surface area contributed by atoms with Crippen LogP contribution in [-0.2, 0) is 0 Å². The fourth-order valence-corrected chi connectivity index (χ4v) is 2.31. The number of rotatable bonds is 7. The number of hydrogen-bond acceptors (Lipinski definition) is 4. The zero-order valence-electron chi connectivity index (χ0n) is 10.7. The standard InChI is InChI=1S/C12H17F2NO3S/c1-7(2)5-8(16)6-15-11(17)10-9(3-4-19-10)18-12(13)14/h3-4,7-8,12,16H,5-6H2,1-2H3,(H,15,17). The maximum atomic E-state index is 12.1. The Kier molecular flexibility index (Phi) is 6.17. The van der Waals surface area contributed by atoms with Gasteiger partial charge in [-0.15, -0.1) is 11.3 Å². The summed E-state index contributed by atoms with van der Waals surface area (Å²) in [6.07, 6.45) is -0.0890. The summed E-state index contributed by atoms with van der Waals surface area (Å²) in [5, 5.41) is 13.6. The normalized spacial score (nSPS) is 12.8. The predicted octanol–water partition coefficient (Wildman–Crippen LogP) is 2.49. The van der Waals surface area contributed by atoms with Gasteiger partial charge >= 0.3 is 6.61 Å². The Balaban J connectivity index is 2.52. The summed E-state index contributed by atoms with van der Waals surface area (Å²) in [4.78, 5) is 11.8. The van der Waals surface area contributed by atoms with Gasteiger partial charge in [0.15, 0.2) is 0 Å². The van der Waals surface area contributed by atoms with Crippen LogP contribution in [0.25, 0.3) is 0 Å². The number of carbonyl (C=O) groups is 1. The number of alkyl halides is 2. The highest BCUT2D eigenvalue weighted by Gasteiger charge is 2.18. The van der Waals surface area contributed by atoms with E-state index < -0.39 is 18.6 Å². The van der Waals surface area contributed by atoms with E-state index >= 15 is 0 Å². The van der Waals surface area contributed by atoms with Gasteiger partial charge in [0.25, 0.3) is 5.91 Å². The van der Waals surface area contributed by atoms with Gasteiger partial charge in [-0.05, 0) is 23.8 Å². The summed E-state index contributed by atoms with van der Waals surface area (Å²) in [5.74, 6) is -0.351. The number of ether oxygens (including phenoxy) is 1. The van der Waals surface area contributed by atoms with Gasteiger partial charge in [-0.2, -0.15) is 8.78 Å². The van der Waals surface area contributed by atoms with Crippen LogP contribution in [0, 0.1) is 5.92 Å². The van der Waals surface area contributed by atoms with Crippen molar-refractivity contribution in [2.24, 2.45) is 5.92 Å². The van der Waals surface area contributed by atoms with E-state index in [0.717, 1.165) is 11.3 Å². The smallest absolute Gasteiger partial charge is 0.387 e. The number of hydrogen-bond donors (Lipinski definition) is 2. The van der Waals surface area contributed by atoms with Gasteiger partial charge in [-0.1, -0.05) is 13.8 Å². The summed E-state index contributed by atoms with van der Waals surface area (Å²) in [6.45, 7) is 1.04. The molecule has 108 valence electrons. The van der Waals surface area contributed by atoms with Crippen LogP contribution in [0.15, 0.2) is 11.4 Å². The van der Waals surface area contributed by atoms with Crippen molar-refractivity contribution < 1.29 is 23.4 Å². The first-order valence-corrected chi connectivity index (χ1v) is 6.76. The molecule has 0 radical (unpaired) electrons. The van der Waals surface area contributed by atoms with Gasteiger partial charge in [0.1, 0.15) is 10.6 Å². The predicted molar refractivity (Wildman–Crippen MR) is 68.7 cm³/mol. The van der Waals surface area contributed by atoms with E-state index in [2.05, 4.69) is 10.1 Å². The molecule has 1 atom stereocenters. The molecule has 0 aliphatic carbocycles. The van der Waals surface area contributed by atoms with Gasteiger partial charge in [-0.3, -0.25) is 4.79 Å². The molecule has 1 aromatic rings. The third kappa shape index (κ3) is 5.52. The molecule has 0 fully saturated rings. The average Bonchev–Trinajstić information content (AvgIpc) is 2.72. The van der Waals surface area contributed by atoms with Crippen molar-refractivity contribution in [2.45, 2.75) is 33.0 Å². The Morgan fingerprint density at radius 3 is 2.79 bits per heavy atom. The van der Waals surface area contributed by atoms with E-state index in [0.29, 0.717) is 12.3 Å². The van der Waals surface area contributed by atoms with Crippen molar-refractivity contribution in [1.29, 1.82) is 0 Å². The summed E-state index contributed by atoms with van der Waals surface area (Å²) in [7, 11) is 0. The van der Waals surface area contributed by atoms with Crippen molar-refractivity contribution in [2.75, 3.05) is 6.54 Å². The van der Waals surface area contributed by atoms with Crippen molar-refractivity contribution in [3.8, 4) is 5.75 Å². The minimum absolute atomic E-state index is 0.0806. The summed E-state index contributed by atoms with van der Waals surface area (Å²) in [5.41, 5.74) is 0. The first-order chi connectivity index (χ1) is 8.90. The molecule has 1 rings (SSSR count). The maximum absolute atomic E-state index is 12.1. The maximum Gasteiger partial charge on any atom is 0.387 e. The Labute approximate surface area is 114 Å². The monoisotopic (exact) mass is 293 g/mol. The molecular formula is C12H17F2NO3S. The number of aliphatic hydroxyl groups is 1. The molecule has 0 bridgehead atoms. The molecule has 0 saturated carbocycles. The fraction of sp³-hybridized carbons (Fsp3) is 0.583. The summed E-state index contributed by atoms with van der Waals surface area (Å²) < 4.78 is 28.5. The minimum atomic E-state index is -2.97. The first kappa shape index (κ1) is 15.8. The molecule has 19 heavy (non-hydrogen) atoms. The second kappa shape index (κ2) is 7.40. The average molecular weight is 293 g/mol. The molecule has 4 nitrogen and oxygen atoms in total. The van der Waals surface area contributed by atoms with Gasteiger partial charge in [0, 0.05) is 6.54 Å². The SMILES string of the molecule is CC(C)CC(O)CNC(=O)c1sccc1OC(F)F. The van der Waals surface area contributed by atoms with Crippen molar-refractivity contribution in [3.05, 3.63) is 16.3 Å². The van der Waals surface area contributed by atoms with Crippen LogP contribution < -0.4 is 10.1 Å². The highest BCUT2D eigenvalue weighted by molar-refractivity contribution is 7.12. The van der Waals surface area contributed by atoms with Crippen LogP contribution in [0.2, 0.25) is 0 Å². The number of thiophene rings is 1. The minimum Gasteiger partial charge on any atom is -0.433 e. The molecule has 0 spiro atoms. The zero-order chi connectivity index (χ0) is 14.4. The van der Waals surface area contributed by atoms with E-state index in [1.54, 1.807) is 0 Å². The lowest BCUT2D eigenvalue weighted by atomic mass is 10.1. The second-order valence-corrected chi connectivity index (χ2v) is 5.40. The highest BCUT2D eigenvalue weighted by Crippen LogP contribution is 2.26. The summed E-state index contributed by atoms with van der Waals surface area (Å²) >= 11 is 1.01. The molecule has 1 aromatic heterocycles. The van der Waals surface area contributed by atoms with Gasteiger partial charge in [-0.25, -0.2) is 0 Å². The summed E-state index contributed by atoms with van der Waals surface area (Å²) in [6, 6.07) is 1.32. The number of carbonyl (C=O) groups excluding carboxylic acids is 1. The van der Waals surface area contributed by atoms with E-state index in [4.69, 9.17) is 0 Å². The lowest BCUT2D eigenvalue weighted by Gasteiger charge is -2.13. The number of amides is 1. The third-order valence-corrected chi connectivity index (χ3v) is 3.19. The molecular weight excluding hydrogens is 276 g/mol. The van der Waals surface area contributed by atoms with E-state index in [9.17, 15) is 18.7 Å². The second-order valence-electron chi connectivity index (χ2n) is 4.49. The Hall–Kier alpha value is -1.21. The third-order valence-electron chi connectivity index (χ3n) is 2.29. The van der Waals surface area contributed by atoms with Crippen LogP contribution in [-0.4, -0.2) is 30.3 Å². The zero-order valence-corrected chi connectivity index (χ0v) is 11.5. The Bertz CT molecular complexity index is 409. The largest absolute Gasteiger partial charge is 0.433 e. The van der Waals surface area contributed by atoms with Crippen LogP contribution in [0.5, 0.6) is 5.75 Å². The lowest BCUT2D eigenvalue weighted by Crippen LogP contribution is -2.32. The Morgan fingerprint density at radius 1 is 1.53 bits per heavy atom. The lowest BCUT2D eigenvalue weighted by molar-refractivity contribution is -0.0498. The number of halogens is 2. The Morgan fingerprint density at radius 2 is 2.21 bits per heavy atom. The van der Waals surface area contributed by atoms with Gasteiger partial charge in [0.2, 0.25) is 0 Å². The molecule has 0 aliphatic rings. The van der Waals surface area contributed by atoms with Crippen LogP contribution in [0.4, 0.5) is 8.78 Å². The van der Waals surface area contributed by atoms with Crippen LogP contribution >= 0.6 is 11.3 Å². The molecule has 0 saturated heterocycles.